The van der Waals surface area contributed by atoms with E-state index in [1.54, 1.807) is 20.3 Å². The summed E-state index contributed by atoms with van der Waals surface area (Å²) in [5.41, 5.74) is 2.19. The quantitative estimate of drug-likeness (QED) is 0.778. The molecule has 1 unspecified atom stereocenters. The van der Waals surface area contributed by atoms with E-state index in [9.17, 15) is 4.79 Å². The molecule has 1 aromatic heterocycles. The minimum atomic E-state index is -0.310. The maximum Gasteiger partial charge on any atom is 0.317 e. The predicted molar refractivity (Wildman–Crippen MR) is 98.3 cm³/mol. The van der Waals surface area contributed by atoms with E-state index in [0.717, 1.165) is 11.4 Å². The molecule has 0 aliphatic carbocycles. The first-order chi connectivity index (χ1) is 12.1. The van der Waals surface area contributed by atoms with Crippen molar-refractivity contribution in [3.8, 4) is 0 Å². The van der Waals surface area contributed by atoms with Gasteiger partial charge in [0.25, 0.3) is 0 Å². The van der Waals surface area contributed by atoms with Gasteiger partial charge in [-0.2, -0.15) is 0 Å². The highest BCUT2D eigenvalue weighted by atomic mass is 16.2. The minimum absolute atomic E-state index is 0.150. The SMILES string of the molecule is CN(C)C(=O)NC(c1ccccc1)c1nccn1Cc1ccccc1. The van der Waals surface area contributed by atoms with Gasteiger partial charge in [0.05, 0.1) is 0 Å². The first kappa shape index (κ1) is 16.8. The molecule has 2 aromatic carbocycles. The monoisotopic (exact) mass is 334 g/mol. The Morgan fingerprint density at radius 1 is 1.08 bits per heavy atom. The van der Waals surface area contributed by atoms with Gasteiger partial charge in [0.1, 0.15) is 11.9 Å². The Labute approximate surface area is 147 Å². The van der Waals surface area contributed by atoms with Crippen molar-refractivity contribution in [1.82, 2.24) is 19.8 Å². The van der Waals surface area contributed by atoms with Crippen molar-refractivity contribution in [3.05, 3.63) is 90.0 Å². The number of amides is 2. The van der Waals surface area contributed by atoms with Gasteiger partial charge in [-0.3, -0.25) is 0 Å². The maximum absolute atomic E-state index is 12.3. The van der Waals surface area contributed by atoms with Crippen LogP contribution in [0.25, 0.3) is 0 Å². The molecule has 0 fully saturated rings. The summed E-state index contributed by atoms with van der Waals surface area (Å²) in [7, 11) is 3.46. The van der Waals surface area contributed by atoms with Crippen molar-refractivity contribution in [3.63, 3.8) is 0 Å². The Kier molecular flexibility index (Phi) is 5.14. The number of nitrogens with zero attached hydrogens (tertiary/aromatic N) is 3. The molecule has 1 heterocycles. The molecule has 1 atom stereocenters. The van der Waals surface area contributed by atoms with Crippen LogP contribution in [0.15, 0.2) is 73.1 Å². The molecule has 25 heavy (non-hydrogen) atoms. The molecule has 0 spiro atoms. The third-order valence-corrected chi connectivity index (χ3v) is 4.01. The molecule has 1 N–H and O–H groups in total. The number of carbonyl (C=O) groups is 1. The van der Waals surface area contributed by atoms with Gasteiger partial charge in [-0.05, 0) is 11.1 Å². The molecule has 5 heteroatoms. The molecule has 2 amide bonds. The van der Waals surface area contributed by atoms with E-state index >= 15 is 0 Å². The zero-order valence-electron chi connectivity index (χ0n) is 14.5. The molecule has 0 saturated heterocycles. The summed E-state index contributed by atoms with van der Waals surface area (Å²) in [5, 5.41) is 3.06. The summed E-state index contributed by atoms with van der Waals surface area (Å²) in [4.78, 5) is 18.3. The molecule has 0 radical (unpaired) electrons. The van der Waals surface area contributed by atoms with Gasteiger partial charge in [0.15, 0.2) is 0 Å². The number of benzene rings is 2. The molecule has 0 bridgehead atoms. The molecule has 0 aliphatic heterocycles. The van der Waals surface area contributed by atoms with Crippen LogP contribution < -0.4 is 5.32 Å². The van der Waals surface area contributed by atoms with Crippen LogP contribution in [0.2, 0.25) is 0 Å². The van der Waals surface area contributed by atoms with Crippen LogP contribution in [0.1, 0.15) is 23.0 Å². The second-order valence-electron chi connectivity index (χ2n) is 6.09. The van der Waals surface area contributed by atoms with Crippen molar-refractivity contribution in [2.75, 3.05) is 14.1 Å². The standard InChI is InChI=1S/C20H22N4O/c1-23(2)20(25)22-18(17-11-7-4-8-12-17)19-21-13-14-24(19)15-16-9-5-3-6-10-16/h3-14,18H,15H2,1-2H3,(H,22,25). The summed E-state index contributed by atoms with van der Waals surface area (Å²) in [6.07, 6.45) is 3.72. The number of imidazole rings is 1. The third kappa shape index (κ3) is 4.07. The molecule has 0 saturated carbocycles. The highest BCUT2D eigenvalue weighted by Crippen LogP contribution is 2.21. The molecule has 3 rings (SSSR count). The van der Waals surface area contributed by atoms with Gasteiger partial charge < -0.3 is 14.8 Å². The van der Waals surface area contributed by atoms with Gasteiger partial charge in [0.2, 0.25) is 0 Å². The maximum atomic E-state index is 12.3. The summed E-state index contributed by atoms with van der Waals surface area (Å²) in [6, 6.07) is 19.7. The highest BCUT2D eigenvalue weighted by molar-refractivity contribution is 5.74. The smallest absolute Gasteiger partial charge is 0.317 e. The van der Waals surface area contributed by atoms with Gasteiger partial charge in [-0.15, -0.1) is 0 Å². The lowest BCUT2D eigenvalue weighted by Gasteiger charge is -2.22. The highest BCUT2D eigenvalue weighted by Gasteiger charge is 2.22. The second-order valence-corrected chi connectivity index (χ2v) is 6.09. The van der Waals surface area contributed by atoms with Crippen LogP contribution in [0.5, 0.6) is 0 Å². The van der Waals surface area contributed by atoms with Crippen LogP contribution in [0, 0.1) is 0 Å². The fourth-order valence-electron chi connectivity index (χ4n) is 2.69. The van der Waals surface area contributed by atoms with Gasteiger partial charge in [-0.1, -0.05) is 60.7 Å². The number of nitrogens with one attached hydrogen (secondary N) is 1. The molecule has 3 aromatic rings. The molecular weight excluding hydrogens is 312 g/mol. The largest absolute Gasteiger partial charge is 0.331 e. The number of rotatable bonds is 5. The van der Waals surface area contributed by atoms with E-state index in [0.29, 0.717) is 6.54 Å². The fourth-order valence-corrected chi connectivity index (χ4v) is 2.69. The van der Waals surface area contributed by atoms with E-state index in [4.69, 9.17) is 0 Å². The number of aromatic nitrogens is 2. The van der Waals surface area contributed by atoms with Crippen LogP contribution in [0.4, 0.5) is 4.79 Å². The summed E-state index contributed by atoms with van der Waals surface area (Å²) < 4.78 is 2.07. The molecule has 128 valence electrons. The lowest BCUT2D eigenvalue weighted by molar-refractivity contribution is 0.214. The van der Waals surface area contributed by atoms with Crippen LogP contribution >= 0.6 is 0 Å². The topological polar surface area (TPSA) is 50.2 Å². The zero-order chi connectivity index (χ0) is 17.6. The van der Waals surface area contributed by atoms with Crippen molar-refractivity contribution < 1.29 is 4.79 Å². The van der Waals surface area contributed by atoms with Gasteiger partial charge in [0, 0.05) is 33.0 Å². The summed E-state index contributed by atoms with van der Waals surface area (Å²) in [5.74, 6) is 0.810. The average molecular weight is 334 g/mol. The van der Waals surface area contributed by atoms with Crippen molar-refractivity contribution >= 4 is 6.03 Å². The number of carbonyl (C=O) groups excluding carboxylic acids is 1. The van der Waals surface area contributed by atoms with Crippen LogP contribution in [-0.2, 0) is 6.54 Å². The van der Waals surface area contributed by atoms with Gasteiger partial charge >= 0.3 is 6.03 Å². The first-order valence-electron chi connectivity index (χ1n) is 8.23. The van der Waals surface area contributed by atoms with E-state index in [1.807, 2.05) is 54.7 Å². The Bertz CT molecular complexity index is 812. The summed E-state index contributed by atoms with van der Waals surface area (Å²) in [6.45, 7) is 0.706. The van der Waals surface area contributed by atoms with Crippen LogP contribution in [-0.4, -0.2) is 34.6 Å². The Morgan fingerprint density at radius 3 is 2.36 bits per heavy atom. The number of hydrogen-bond donors (Lipinski definition) is 1. The van der Waals surface area contributed by atoms with E-state index < -0.39 is 0 Å². The minimum Gasteiger partial charge on any atom is -0.331 e. The lowest BCUT2D eigenvalue weighted by Crippen LogP contribution is -2.38. The first-order valence-corrected chi connectivity index (χ1v) is 8.23. The Hall–Kier alpha value is -3.08. The molecular formula is C20H22N4O. The Balaban J connectivity index is 1.94. The predicted octanol–water partition coefficient (Wildman–Crippen LogP) is 3.29. The average Bonchev–Trinajstić information content (AvgIpc) is 3.08. The van der Waals surface area contributed by atoms with E-state index in [1.165, 1.54) is 10.5 Å². The number of urea groups is 1. The Morgan fingerprint density at radius 2 is 1.72 bits per heavy atom. The summed E-state index contributed by atoms with van der Waals surface area (Å²) >= 11 is 0. The second kappa shape index (κ2) is 7.66. The van der Waals surface area contributed by atoms with E-state index in [2.05, 4.69) is 27.0 Å². The van der Waals surface area contributed by atoms with Crippen molar-refractivity contribution in [2.24, 2.45) is 0 Å². The fraction of sp³-hybridized carbons (Fsp3) is 0.200. The zero-order valence-corrected chi connectivity index (χ0v) is 14.5. The third-order valence-electron chi connectivity index (χ3n) is 4.01. The van der Waals surface area contributed by atoms with Crippen molar-refractivity contribution in [1.29, 1.82) is 0 Å². The normalized spacial score (nSPS) is 11.8. The lowest BCUT2D eigenvalue weighted by atomic mass is 10.1. The van der Waals surface area contributed by atoms with Gasteiger partial charge in [-0.25, -0.2) is 9.78 Å². The van der Waals surface area contributed by atoms with E-state index in [-0.39, 0.29) is 12.1 Å². The van der Waals surface area contributed by atoms with Crippen molar-refractivity contribution in [2.45, 2.75) is 12.6 Å². The molecule has 5 nitrogen and oxygen atoms in total. The van der Waals surface area contributed by atoms with Crippen LogP contribution in [0.3, 0.4) is 0 Å². The number of hydrogen-bond acceptors (Lipinski definition) is 2. The molecule has 0 aliphatic rings.